The highest BCUT2D eigenvalue weighted by Gasteiger charge is 2.71. The van der Waals surface area contributed by atoms with Crippen molar-refractivity contribution < 1.29 is 50.4 Å². The Morgan fingerprint density at radius 2 is 1.93 bits per heavy atom. The summed E-state index contributed by atoms with van der Waals surface area (Å²) in [5.74, 6) is -7.67. The maximum Gasteiger partial charge on any atom is 0.352 e. The fourth-order valence-corrected chi connectivity index (χ4v) is 5.97. The Morgan fingerprint density at radius 1 is 1.30 bits per heavy atom. The average molecular weight is 617 g/mol. The van der Waals surface area contributed by atoms with E-state index in [9.17, 15) is 27.9 Å². The van der Waals surface area contributed by atoms with Gasteiger partial charge in [0.2, 0.25) is 6.23 Å². The maximum atomic E-state index is 15.1. The molecule has 18 heteroatoms. The number of nitrogen functional groups attached to an aromatic ring is 1. The van der Waals surface area contributed by atoms with Crippen LogP contribution in [-0.4, -0.2) is 63.4 Å². The summed E-state index contributed by atoms with van der Waals surface area (Å²) in [4.78, 5) is 27.5. The van der Waals surface area contributed by atoms with Gasteiger partial charge in [0.1, 0.15) is 11.8 Å². The molecule has 4 N–H and O–H groups in total. The molecule has 0 bridgehead atoms. The van der Waals surface area contributed by atoms with Crippen molar-refractivity contribution in [3.8, 4) is 5.75 Å². The molecule has 0 amide bonds. The largest absolute Gasteiger partial charge is 0.462 e. The molecule has 1 unspecified atom stereocenters. The van der Waals surface area contributed by atoms with Crippen molar-refractivity contribution in [2.24, 2.45) is 0 Å². The number of hydrogen-bond donors (Lipinski definition) is 3. The predicted octanol–water partition coefficient (Wildman–Crippen LogP) is 2.74. The number of nitrogens with two attached hydrogens (primary N) is 1. The summed E-state index contributed by atoms with van der Waals surface area (Å²) in [6.07, 6.45) is -10.4. The highest BCUT2D eigenvalue weighted by Crippen LogP contribution is 2.53. The molecule has 1 aromatic heterocycles. The zero-order valence-electron chi connectivity index (χ0n) is 21.2. The number of para-hydroxylation sites is 1. The van der Waals surface area contributed by atoms with E-state index in [2.05, 4.69) is 10.1 Å². The Kier molecular flexibility index (Phi) is 9.58. The van der Waals surface area contributed by atoms with Crippen molar-refractivity contribution in [3.63, 3.8) is 0 Å². The molecule has 2 heterocycles. The van der Waals surface area contributed by atoms with Gasteiger partial charge < -0.3 is 29.4 Å². The highest BCUT2D eigenvalue weighted by molar-refractivity contribution is 8.09. The fourth-order valence-electron chi connectivity index (χ4n) is 3.55. The molecule has 2 aromatic rings. The van der Waals surface area contributed by atoms with E-state index >= 15 is 8.78 Å². The maximum absolute atomic E-state index is 15.1. The summed E-state index contributed by atoms with van der Waals surface area (Å²) in [5.41, 5.74) is 0.0941. The smallest absolute Gasteiger partial charge is 0.352 e. The summed E-state index contributed by atoms with van der Waals surface area (Å²) >= 11 is 5.38. The first kappa shape index (κ1) is 31.8. The normalized spacial score (nSPS) is 24.6. The zero-order valence-corrected chi connectivity index (χ0v) is 22.9. The lowest BCUT2D eigenvalue weighted by atomic mass is 9.96. The molecule has 1 aromatic carbocycles. The minimum atomic E-state index is -4.58. The summed E-state index contributed by atoms with van der Waals surface area (Å²) in [6.45, 7) is -1.11. The van der Waals surface area contributed by atoms with Crippen LogP contribution in [0.4, 0.5) is 27.8 Å². The van der Waals surface area contributed by atoms with Crippen molar-refractivity contribution in [3.05, 3.63) is 52.8 Å². The monoisotopic (exact) mass is 616 g/mol. The molecule has 222 valence electrons. The molecule has 0 saturated carbocycles. The van der Waals surface area contributed by atoms with Gasteiger partial charge in [-0.2, -0.15) is 13.8 Å². The van der Waals surface area contributed by atoms with Crippen LogP contribution in [0.5, 0.6) is 5.75 Å². The molecule has 3 rings (SSSR count). The summed E-state index contributed by atoms with van der Waals surface area (Å²) in [6, 6.07) is 6.33. The van der Waals surface area contributed by atoms with Crippen LogP contribution in [0.2, 0.25) is 0 Å². The number of aliphatic hydroxyl groups is 1. The Labute approximate surface area is 229 Å². The Bertz CT molecular complexity index is 1320. The van der Waals surface area contributed by atoms with Gasteiger partial charge in [-0.25, -0.2) is 23.1 Å². The average Bonchev–Trinajstić information content (AvgIpc) is 3.06. The molecular weight excluding hydrogens is 590 g/mol. The van der Waals surface area contributed by atoms with E-state index in [0.29, 0.717) is 0 Å². The number of aromatic nitrogens is 2. The number of rotatable bonds is 11. The lowest BCUT2D eigenvalue weighted by molar-refractivity contribution is -0.192. The fraction of sp³-hybridized carbons (Fsp3) is 0.500. The molecule has 40 heavy (non-hydrogen) atoms. The van der Waals surface area contributed by atoms with Crippen LogP contribution in [-0.2, 0) is 30.6 Å². The molecule has 1 saturated heterocycles. The van der Waals surface area contributed by atoms with Gasteiger partial charge in [-0.3, -0.25) is 9.36 Å². The first-order valence-electron chi connectivity index (χ1n) is 11.6. The number of aliphatic hydroxyl groups excluding tert-OH is 1. The second kappa shape index (κ2) is 12.0. The number of ether oxygens (including phenoxy) is 2. The van der Waals surface area contributed by atoms with E-state index in [1.54, 1.807) is 32.0 Å². The topological polar surface area (TPSA) is 147 Å². The summed E-state index contributed by atoms with van der Waals surface area (Å²) in [5, 5.41) is 12.9. The zero-order chi connectivity index (χ0) is 30.0. The Hall–Kier alpha value is -2.69. The molecule has 11 nitrogen and oxygen atoms in total. The molecule has 1 aliphatic heterocycles. The summed E-state index contributed by atoms with van der Waals surface area (Å²) < 4.78 is 93.9. The molecule has 1 fully saturated rings. The third-order valence-corrected chi connectivity index (χ3v) is 8.01. The molecule has 5 atom stereocenters. The van der Waals surface area contributed by atoms with Crippen molar-refractivity contribution >= 4 is 30.2 Å². The molecular formula is C22H26F5N4O7PS. The third-order valence-electron chi connectivity index (χ3n) is 5.53. The predicted molar refractivity (Wildman–Crippen MR) is 134 cm³/mol. The first-order chi connectivity index (χ1) is 18.5. The number of hydrogen-bond acceptors (Lipinski definition) is 10. The molecule has 1 aliphatic rings. The Morgan fingerprint density at radius 3 is 2.50 bits per heavy atom. The van der Waals surface area contributed by atoms with Gasteiger partial charge in [0.15, 0.2) is 23.3 Å². The van der Waals surface area contributed by atoms with Crippen LogP contribution >= 0.6 is 6.64 Å². The van der Waals surface area contributed by atoms with Crippen molar-refractivity contribution in [1.29, 1.82) is 0 Å². The van der Waals surface area contributed by atoms with Crippen molar-refractivity contribution in [1.82, 2.24) is 14.6 Å². The standard InChI is InChI=1S/C22H26F5N4O7PS/c1-11(2)36-16(32)12(3)30-39(40,38-13-7-5-4-6-8-13)35-10-21(18(24)25)17(33)22(26,27)19(37-21)31-9-14(23)15(28)29-20(31)34/h4-9,11-12,17-19,33H,10H2,1-3H3,(H,30,40)(H2,28,29,34)/t12-,17+,19+,21+,39?/m0/s1. The van der Waals surface area contributed by atoms with Crippen molar-refractivity contribution in [2.75, 3.05) is 12.3 Å². The number of esters is 1. The van der Waals surface area contributed by atoms with Gasteiger partial charge in [0.05, 0.1) is 18.9 Å². The minimum Gasteiger partial charge on any atom is -0.462 e. The van der Waals surface area contributed by atoms with Crippen molar-refractivity contribution in [2.45, 2.75) is 63.2 Å². The highest BCUT2D eigenvalue weighted by atomic mass is 32.5. The van der Waals surface area contributed by atoms with E-state index in [4.69, 9.17) is 36.1 Å². The third kappa shape index (κ3) is 6.61. The molecule has 0 spiro atoms. The number of halogens is 5. The van der Waals surface area contributed by atoms with Gasteiger partial charge in [-0.1, -0.05) is 18.2 Å². The van der Waals surface area contributed by atoms with E-state index < -0.39 is 79.0 Å². The van der Waals surface area contributed by atoms with E-state index in [1.165, 1.54) is 19.1 Å². The van der Waals surface area contributed by atoms with Crippen LogP contribution in [0.25, 0.3) is 0 Å². The second-order valence-corrected chi connectivity index (χ2v) is 12.1. The first-order valence-corrected chi connectivity index (χ1v) is 14.2. The van der Waals surface area contributed by atoms with Crippen LogP contribution in [0.1, 0.15) is 27.0 Å². The Balaban J connectivity index is 1.97. The lowest BCUT2D eigenvalue weighted by Gasteiger charge is -2.34. The number of carbonyl (C=O) groups is 1. The number of carbonyl (C=O) groups excluding carboxylic acids is 1. The number of anilines is 1. The van der Waals surface area contributed by atoms with Crippen LogP contribution in [0.15, 0.2) is 41.3 Å². The summed E-state index contributed by atoms with van der Waals surface area (Å²) in [7, 11) is 0. The second-order valence-electron chi connectivity index (χ2n) is 8.98. The van der Waals surface area contributed by atoms with Gasteiger partial charge in [0.25, 0.3) is 6.43 Å². The van der Waals surface area contributed by atoms with Gasteiger partial charge in [0, 0.05) is 0 Å². The van der Waals surface area contributed by atoms with Crippen LogP contribution < -0.4 is 21.0 Å². The van der Waals surface area contributed by atoms with Gasteiger partial charge in [-0.05, 0) is 44.7 Å². The number of nitrogens with one attached hydrogen (secondary N) is 1. The quantitative estimate of drug-likeness (QED) is 0.195. The van der Waals surface area contributed by atoms with Gasteiger partial charge in [-0.15, -0.1) is 0 Å². The van der Waals surface area contributed by atoms with E-state index in [1.807, 2.05) is 0 Å². The van der Waals surface area contributed by atoms with E-state index in [-0.39, 0.29) is 16.5 Å². The lowest BCUT2D eigenvalue weighted by Crippen LogP contribution is -2.54. The van der Waals surface area contributed by atoms with Gasteiger partial charge >= 0.3 is 24.2 Å². The SMILES string of the molecule is CC(C)OC(=O)[C@H](C)NP(=S)(OC[C@@]1(C(F)F)O[C@@H](n2cc(F)c(N)nc2=O)C(F)(F)[C@@H]1O)Oc1ccccc1. The van der Waals surface area contributed by atoms with Crippen LogP contribution in [0, 0.1) is 5.82 Å². The number of benzene rings is 1. The number of nitrogens with zero attached hydrogens (tertiary/aromatic N) is 2. The van der Waals surface area contributed by atoms with Crippen LogP contribution in [0.3, 0.4) is 0 Å². The minimum absolute atomic E-state index is 0.0694. The van der Waals surface area contributed by atoms with E-state index in [0.717, 1.165) is 0 Å². The number of alkyl halides is 4. The molecule has 0 aliphatic carbocycles. The molecule has 0 radical (unpaired) electrons.